The summed E-state index contributed by atoms with van der Waals surface area (Å²) in [6, 6.07) is 13.7. The average Bonchev–Trinajstić information content (AvgIpc) is 3.00. The fourth-order valence-electron chi connectivity index (χ4n) is 2.17. The van der Waals surface area contributed by atoms with Gasteiger partial charge in [0.25, 0.3) is 0 Å². The number of benzene rings is 2. The van der Waals surface area contributed by atoms with Crippen molar-refractivity contribution in [1.29, 1.82) is 0 Å². The highest BCUT2D eigenvalue weighted by molar-refractivity contribution is 7.80. The Kier molecular flexibility index (Phi) is 5.53. The fraction of sp³-hybridized carbons (Fsp3) is 0.0588. The van der Waals surface area contributed by atoms with E-state index in [-0.39, 0.29) is 5.02 Å². The Morgan fingerprint density at radius 2 is 1.88 bits per heavy atom. The molecule has 2 N–H and O–H groups in total. The molecule has 0 aliphatic rings. The third-order valence-corrected chi connectivity index (χ3v) is 4.21. The first-order valence-corrected chi connectivity index (χ1v) is 8.47. The van der Waals surface area contributed by atoms with Crippen molar-refractivity contribution in [2.24, 2.45) is 0 Å². The maximum atomic E-state index is 13.2. The van der Waals surface area contributed by atoms with Crippen LogP contribution >= 0.6 is 35.4 Å². The second-order valence-electron chi connectivity index (χ2n) is 5.20. The van der Waals surface area contributed by atoms with Crippen molar-refractivity contribution in [2.45, 2.75) is 6.54 Å². The molecule has 1 aromatic heterocycles. The number of halogens is 3. The van der Waals surface area contributed by atoms with Crippen molar-refractivity contribution >= 4 is 52.0 Å². The van der Waals surface area contributed by atoms with Gasteiger partial charge in [0.15, 0.2) is 10.9 Å². The molecule has 0 fully saturated rings. The van der Waals surface area contributed by atoms with E-state index in [1.165, 1.54) is 12.1 Å². The largest absolute Gasteiger partial charge is 0.332 e. The normalized spacial score (nSPS) is 10.5. The summed E-state index contributed by atoms with van der Waals surface area (Å²) >= 11 is 17.1. The molecule has 25 heavy (non-hydrogen) atoms. The van der Waals surface area contributed by atoms with Gasteiger partial charge in [-0.25, -0.2) is 4.39 Å². The van der Waals surface area contributed by atoms with Gasteiger partial charge in [0.05, 0.1) is 11.6 Å². The number of thiocarbonyl (C=S) groups is 1. The van der Waals surface area contributed by atoms with Crippen molar-refractivity contribution in [3.8, 4) is 0 Å². The van der Waals surface area contributed by atoms with Crippen LogP contribution < -0.4 is 10.6 Å². The minimum atomic E-state index is -0.482. The molecular formula is C17H13Cl2FN4S. The molecule has 0 bridgehead atoms. The van der Waals surface area contributed by atoms with E-state index < -0.39 is 5.82 Å². The quantitative estimate of drug-likeness (QED) is 0.597. The molecule has 0 aliphatic carbocycles. The maximum absolute atomic E-state index is 13.2. The van der Waals surface area contributed by atoms with Crippen LogP contribution in [-0.4, -0.2) is 14.9 Å². The van der Waals surface area contributed by atoms with Crippen LogP contribution in [-0.2, 0) is 6.54 Å². The third kappa shape index (κ3) is 4.69. The molecule has 0 saturated heterocycles. The van der Waals surface area contributed by atoms with Crippen molar-refractivity contribution in [3.05, 3.63) is 76.2 Å². The number of nitrogens with one attached hydrogen (secondary N) is 2. The number of hydrogen-bond acceptors (Lipinski definition) is 2. The number of anilines is 2. The predicted molar refractivity (Wildman–Crippen MR) is 104 cm³/mol. The van der Waals surface area contributed by atoms with E-state index in [1.807, 2.05) is 30.5 Å². The summed E-state index contributed by atoms with van der Waals surface area (Å²) in [4.78, 5) is 0. The second kappa shape index (κ2) is 7.82. The van der Waals surface area contributed by atoms with E-state index in [0.717, 1.165) is 5.56 Å². The lowest BCUT2D eigenvalue weighted by Crippen LogP contribution is -2.19. The molecule has 0 unspecified atom stereocenters. The van der Waals surface area contributed by atoms with Crippen LogP contribution in [0.25, 0.3) is 0 Å². The Morgan fingerprint density at radius 3 is 2.64 bits per heavy atom. The lowest BCUT2D eigenvalue weighted by atomic mass is 10.2. The smallest absolute Gasteiger partial charge is 0.176 e. The molecule has 3 rings (SSSR count). The second-order valence-corrected chi connectivity index (χ2v) is 6.42. The van der Waals surface area contributed by atoms with Gasteiger partial charge < -0.3 is 10.6 Å². The summed E-state index contributed by atoms with van der Waals surface area (Å²) in [6.45, 7) is 0.551. The third-order valence-electron chi connectivity index (χ3n) is 3.35. The Balaban J connectivity index is 1.61. The number of nitrogens with zero attached hydrogens (tertiary/aromatic N) is 2. The molecule has 0 saturated carbocycles. The fourth-order valence-corrected chi connectivity index (χ4v) is 2.77. The van der Waals surface area contributed by atoms with Gasteiger partial charge in [-0.15, -0.1) is 0 Å². The zero-order valence-corrected chi connectivity index (χ0v) is 15.2. The van der Waals surface area contributed by atoms with Crippen LogP contribution in [0.1, 0.15) is 5.56 Å². The summed E-state index contributed by atoms with van der Waals surface area (Å²) in [7, 11) is 0. The SMILES string of the molecule is Fc1ccc(NC(=S)Nc2ccn(Cc3ccccc3Cl)n2)cc1Cl. The molecule has 2 aromatic carbocycles. The Morgan fingerprint density at radius 1 is 1.08 bits per heavy atom. The van der Waals surface area contributed by atoms with Crippen LogP contribution in [0.5, 0.6) is 0 Å². The average molecular weight is 395 g/mol. The Hall–Kier alpha value is -2.15. The molecular weight excluding hydrogens is 382 g/mol. The van der Waals surface area contributed by atoms with Gasteiger partial charge in [-0.3, -0.25) is 4.68 Å². The molecule has 1 heterocycles. The summed E-state index contributed by atoms with van der Waals surface area (Å²) in [5.74, 6) is 0.0992. The maximum Gasteiger partial charge on any atom is 0.176 e. The van der Waals surface area contributed by atoms with E-state index in [9.17, 15) is 4.39 Å². The van der Waals surface area contributed by atoms with Gasteiger partial charge >= 0.3 is 0 Å². The summed E-state index contributed by atoms with van der Waals surface area (Å²) < 4.78 is 14.9. The van der Waals surface area contributed by atoms with E-state index in [2.05, 4.69) is 15.7 Å². The highest BCUT2D eigenvalue weighted by Gasteiger charge is 2.06. The molecule has 0 spiro atoms. The zero-order valence-electron chi connectivity index (χ0n) is 12.8. The monoisotopic (exact) mass is 394 g/mol. The van der Waals surface area contributed by atoms with Gasteiger partial charge in [-0.05, 0) is 42.0 Å². The highest BCUT2D eigenvalue weighted by Crippen LogP contribution is 2.20. The molecule has 0 atom stereocenters. The van der Waals surface area contributed by atoms with E-state index in [0.29, 0.717) is 28.2 Å². The minimum Gasteiger partial charge on any atom is -0.332 e. The van der Waals surface area contributed by atoms with Crippen molar-refractivity contribution in [1.82, 2.24) is 9.78 Å². The standard InChI is InChI=1S/C17H13Cl2FN4S/c18-13-4-2-1-3-11(13)10-24-8-7-16(23-24)22-17(25)21-12-5-6-15(20)14(19)9-12/h1-9H,10H2,(H2,21,22,23,25). The van der Waals surface area contributed by atoms with Gasteiger partial charge in [-0.1, -0.05) is 41.4 Å². The predicted octanol–water partition coefficient (Wildman–Crippen LogP) is 5.19. The van der Waals surface area contributed by atoms with Crippen LogP contribution in [0.2, 0.25) is 10.0 Å². The van der Waals surface area contributed by atoms with Gasteiger partial charge in [0.2, 0.25) is 0 Å². The first-order valence-electron chi connectivity index (χ1n) is 7.31. The number of hydrogen-bond donors (Lipinski definition) is 2. The van der Waals surface area contributed by atoms with Crippen LogP contribution in [0.3, 0.4) is 0 Å². The van der Waals surface area contributed by atoms with Crippen LogP contribution in [0.15, 0.2) is 54.7 Å². The summed E-state index contributed by atoms with van der Waals surface area (Å²) in [6.07, 6.45) is 1.82. The molecule has 0 radical (unpaired) electrons. The summed E-state index contributed by atoms with van der Waals surface area (Å²) in [5, 5.41) is 11.3. The number of aromatic nitrogens is 2. The van der Waals surface area contributed by atoms with Crippen LogP contribution in [0.4, 0.5) is 15.9 Å². The molecule has 8 heteroatoms. The first-order chi connectivity index (χ1) is 12.0. The molecule has 0 amide bonds. The van der Waals surface area contributed by atoms with E-state index in [4.69, 9.17) is 35.4 Å². The lowest BCUT2D eigenvalue weighted by molar-refractivity contribution is 0.628. The zero-order chi connectivity index (χ0) is 17.8. The van der Waals surface area contributed by atoms with Crippen molar-refractivity contribution in [2.75, 3.05) is 10.6 Å². The Labute approximate surface area is 159 Å². The Bertz CT molecular complexity index is 913. The van der Waals surface area contributed by atoms with Crippen molar-refractivity contribution < 1.29 is 4.39 Å². The first kappa shape index (κ1) is 17.7. The van der Waals surface area contributed by atoms with Crippen molar-refractivity contribution in [3.63, 3.8) is 0 Å². The van der Waals surface area contributed by atoms with E-state index in [1.54, 1.807) is 16.8 Å². The minimum absolute atomic E-state index is 0.0248. The molecule has 0 aliphatic heterocycles. The van der Waals surface area contributed by atoms with E-state index >= 15 is 0 Å². The molecule has 128 valence electrons. The lowest BCUT2D eigenvalue weighted by Gasteiger charge is -2.09. The number of rotatable bonds is 4. The summed E-state index contributed by atoms with van der Waals surface area (Å²) in [5.41, 5.74) is 1.56. The van der Waals surface area contributed by atoms with Gasteiger partial charge in [0.1, 0.15) is 5.82 Å². The van der Waals surface area contributed by atoms with Gasteiger partial charge in [-0.2, -0.15) is 5.10 Å². The van der Waals surface area contributed by atoms with Gasteiger partial charge in [0, 0.05) is 23.0 Å². The topological polar surface area (TPSA) is 41.9 Å². The van der Waals surface area contributed by atoms with Crippen LogP contribution in [0, 0.1) is 5.82 Å². The molecule has 3 aromatic rings. The highest BCUT2D eigenvalue weighted by atomic mass is 35.5. The molecule has 4 nitrogen and oxygen atoms in total.